The van der Waals surface area contributed by atoms with Crippen molar-refractivity contribution in [3.8, 4) is 0 Å². The summed E-state index contributed by atoms with van der Waals surface area (Å²) in [5.74, 6) is -6.64. The Morgan fingerprint density at radius 3 is 1.44 bits per heavy atom. The molecule has 0 aromatic carbocycles. The zero-order chi connectivity index (χ0) is 21.8. The van der Waals surface area contributed by atoms with Gasteiger partial charge in [-0.2, -0.15) is 0 Å². The van der Waals surface area contributed by atoms with Crippen molar-refractivity contribution in [1.29, 1.82) is 0 Å². The molecule has 3 N–H and O–H groups in total. The van der Waals surface area contributed by atoms with Crippen LogP contribution >= 0.6 is 15.9 Å². The first-order valence-corrected chi connectivity index (χ1v) is 9.11. The smallest absolute Gasteiger partial charge is 0.374 e. The normalized spacial score (nSPS) is 8.85. The van der Waals surface area contributed by atoms with Crippen LogP contribution in [-0.2, 0) is 33.5 Å². The first kappa shape index (κ1) is 29.5. The minimum atomic E-state index is -1.58. The van der Waals surface area contributed by atoms with E-state index < -0.39 is 48.3 Å². The molecule has 0 saturated heterocycles. The average Bonchev–Trinajstić information content (AvgIpc) is 2.62. The zero-order valence-corrected chi connectivity index (χ0v) is 16.8. The van der Waals surface area contributed by atoms with Gasteiger partial charge in [-0.25, -0.2) is 9.59 Å². The van der Waals surface area contributed by atoms with Gasteiger partial charge < -0.3 is 20.1 Å². The molecule has 0 aromatic rings. The number of rotatable bonds is 11. The van der Waals surface area contributed by atoms with Crippen LogP contribution in [0.25, 0.3) is 0 Å². The maximum absolute atomic E-state index is 10.8. The maximum Gasteiger partial charge on any atom is 0.374 e. The second-order valence-corrected chi connectivity index (χ2v) is 5.56. The number of halogens is 1. The molecule has 0 spiro atoms. The molecule has 0 aromatic heterocycles. The Labute approximate surface area is 165 Å². The summed E-state index contributed by atoms with van der Waals surface area (Å²) in [6.07, 6.45) is 0.381. The van der Waals surface area contributed by atoms with Gasteiger partial charge in [-0.3, -0.25) is 19.2 Å². The molecule has 0 amide bonds. The van der Waals surface area contributed by atoms with Crippen LogP contribution in [0.15, 0.2) is 0 Å². The molecule has 0 fully saturated rings. The SMILES string of the molecule is CCCBr.CCCOC(=O)C(=O)CCC(=O)O.O=C(O)CCC(=O)C(=O)O. The van der Waals surface area contributed by atoms with Gasteiger partial charge in [0.15, 0.2) is 0 Å². The Morgan fingerprint density at radius 2 is 1.15 bits per heavy atom. The Bertz CT molecular complexity index is 499. The highest BCUT2D eigenvalue weighted by atomic mass is 79.9. The molecular weight excluding hydrogens is 432 g/mol. The number of ketones is 2. The molecule has 0 atom stereocenters. The molecule has 156 valence electrons. The third-order valence-corrected chi connectivity index (χ3v) is 3.02. The van der Waals surface area contributed by atoms with Crippen LogP contribution in [0.2, 0.25) is 0 Å². The van der Waals surface area contributed by atoms with E-state index in [4.69, 9.17) is 15.3 Å². The number of Topliss-reactive ketones (excluding diaryl/α,β-unsaturated/α-hetero) is 2. The van der Waals surface area contributed by atoms with Gasteiger partial charge in [-0.15, -0.1) is 0 Å². The number of carbonyl (C=O) groups excluding carboxylic acids is 3. The lowest BCUT2D eigenvalue weighted by Gasteiger charge is -1.99. The van der Waals surface area contributed by atoms with Crippen molar-refractivity contribution in [1.82, 2.24) is 0 Å². The van der Waals surface area contributed by atoms with E-state index >= 15 is 0 Å². The Kier molecular flexibility index (Phi) is 21.8. The molecule has 0 bridgehead atoms. The molecule has 0 aliphatic heterocycles. The second-order valence-electron chi connectivity index (χ2n) is 4.76. The molecular formula is C16H25BrO10. The van der Waals surface area contributed by atoms with Crippen LogP contribution in [0, 0.1) is 0 Å². The number of carboxylic acid groups (broad SMARTS) is 3. The highest BCUT2D eigenvalue weighted by Crippen LogP contribution is 1.94. The summed E-state index contributed by atoms with van der Waals surface area (Å²) in [5.41, 5.74) is 0. The van der Waals surface area contributed by atoms with E-state index in [1.165, 1.54) is 6.42 Å². The average molecular weight is 457 g/mol. The van der Waals surface area contributed by atoms with Crippen molar-refractivity contribution in [3.05, 3.63) is 0 Å². The molecule has 0 saturated carbocycles. The van der Waals surface area contributed by atoms with E-state index in [2.05, 4.69) is 27.6 Å². The number of carboxylic acids is 3. The Balaban J connectivity index is -0.000000364. The predicted octanol–water partition coefficient (Wildman–Crippen LogP) is 1.67. The van der Waals surface area contributed by atoms with Crippen molar-refractivity contribution in [2.24, 2.45) is 0 Å². The number of hydrogen-bond acceptors (Lipinski definition) is 7. The van der Waals surface area contributed by atoms with Gasteiger partial charge in [-0.1, -0.05) is 29.8 Å². The Hall–Kier alpha value is -2.30. The van der Waals surface area contributed by atoms with Gasteiger partial charge in [0.25, 0.3) is 0 Å². The number of alkyl halides is 1. The molecule has 27 heavy (non-hydrogen) atoms. The first-order chi connectivity index (χ1) is 12.5. The van der Waals surface area contributed by atoms with E-state index in [1.54, 1.807) is 6.92 Å². The highest BCUT2D eigenvalue weighted by molar-refractivity contribution is 9.09. The molecule has 0 radical (unpaired) electrons. The largest absolute Gasteiger partial charge is 0.481 e. The van der Waals surface area contributed by atoms with E-state index in [0.717, 1.165) is 5.33 Å². The van der Waals surface area contributed by atoms with Gasteiger partial charge >= 0.3 is 23.9 Å². The van der Waals surface area contributed by atoms with Gasteiger partial charge in [0, 0.05) is 18.2 Å². The fourth-order valence-electron chi connectivity index (χ4n) is 0.925. The summed E-state index contributed by atoms with van der Waals surface area (Å²) in [7, 11) is 0. The van der Waals surface area contributed by atoms with Crippen molar-refractivity contribution in [2.45, 2.75) is 52.4 Å². The third-order valence-electron chi connectivity index (χ3n) is 2.22. The quantitative estimate of drug-likeness (QED) is 0.235. The zero-order valence-electron chi connectivity index (χ0n) is 15.2. The minimum Gasteiger partial charge on any atom is -0.481 e. The predicted molar refractivity (Wildman–Crippen MR) is 96.7 cm³/mol. The summed E-state index contributed by atoms with van der Waals surface area (Å²) < 4.78 is 4.50. The topological polar surface area (TPSA) is 172 Å². The highest BCUT2D eigenvalue weighted by Gasteiger charge is 2.15. The van der Waals surface area contributed by atoms with Crippen LogP contribution in [0.5, 0.6) is 0 Å². The molecule has 0 unspecified atom stereocenters. The molecule has 0 heterocycles. The number of esters is 1. The van der Waals surface area contributed by atoms with E-state index in [1.807, 2.05) is 0 Å². The van der Waals surface area contributed by atoms with Gasteiger partial charge in [-0.05, 0) is 12.8 Å². The lowest BCUT2D eigenvalue weighted by Crippen LogP contribution is -2.18. The molecule has 10 nitrogen and oxygen atoms in total. The Morgan fingerprint density at radius 1 is 0.741 bits per heavy atom. The van der Waals surface area contributed by atoms with Crippen LogP contribution in [0.1, 0.15) is 52.4 Å². The monoisotopic (exact) mass is 456 g/mol. The van der Waals surface area contributed by atoms with Crippen molar-refractivity contribution in [3.63, 3.8) is 0 Å². The van der Waals surface area contributed by atoms with Crippen LogP contribution < -0.4 is 0 Å². The van der Waals surface area contributed by atoms with Gasteiger partial charge in [0.05, 0.1) is 19.4 Å². The van der Waals surface area contributed by atoms with Gasteiger partial charge in [0.1, 0.15) is 0 Å². The molecule has 0 aliphatic rings. The van der Waals surface area contributed by atoms with Gasteiger partial charge in [0.2, 0.25) is 11.6 Å². The summed E-state index contributed by atoms with van der Waals surface area (Å²) in [6.45, 7) is 4.13. The fraction of sp³-hybridized carbons (Fsp3) is 0.625. The van der Waals surface area contributed by atoms with Crippen LogP contribution in [-0.4, -0.2) is 62.7 Å². The van der Waals surface area contributed by atoms with E-state index in [-0.39, 0.29) is 19.4 Å². The summed E-state index contributed by atoms with van der Waals surface area (Å²) in [4.78, 5) is 61.3. The number of hydrogen-bond donors (Lipinski definition) is 3. The van der Waals surface area contributed by atoms with Crippen LogP contribution in [0.4, 0.5) is 0 Å². The third kappa shape index (κ3) is 26.0. The molecule has 0 aliphatic carbocycles. The lowest BCUT2D eigenvalue weighted by molar-refractivity contribution is -0.154. The lowest BCUT2D eigenvalue weighted by atomic mass is 10.2. The maximum atomic E-state index is 10.8. The second kappa shape index (κ2) is 20.0. The van der Waals surface area contributed by atoms with Crippen LogP contribution in [0.3, 0.4) is 0 Å². The first-order valence-electron chi connectivity index (χ1n) is 7.98. The molecule has 11 heteroatoms. The number of ether oxygens (including phenoxy) is 1. The minimum absolute atomic E-state index is 0.192. The number of carbonyl (C=O) groups is 6. The van der Waals surface area contributed by atoms with Crippen molar-refractivity contribution >= 4 is 51.4 Å². The van der Waals surface area contributed by atoms with Crippen molar-refractivity contribution < 1.29 is 48.8 Å². The standard InChI is InChI=1S/C8H12O5.C5H6O5.C3H7Br/c1-2-5-13-8(12)6(9)3-4-7(10)11;6-3(5(9)10)1-2-4(7)8;1-2-3-4/h2-5H2,1H3,(H,10,11);1-2H2,(H,7,8)(H,9,10);2-3H2,1H3. The fourth-order valence-corrected chi connectivity index (χ4v) is 0.925. The van der Waals surface area contributed by atoms with E-state index in [0.29, 0.717) is 6.42 Å². The molecule has 0 rings (SSSR count). The summed E-state index contributed by atoms with van der Waals surface area (Å²) >= 11 is 3.25. The summed E-state index contributed by atoms with van der Waals surface area (Å²) in [6, 6.07) is 0. The number of aliphatic carboxylic acids is 3. The van der Waals surface area contributed by atoms with Crippen molar-refractivity contribution in [2.75, 3.05) is 11.9 Å². The summed E-state index contributed by atoms with van der Waals surface area (Å²) in [5, 5.41) is 25.3. The van der Waals surface area contributed by atoms with E-state index in [9.17, 15) is 28.8 Å².